The maximum atomic E-state index is 13.4. The number of rotatable bonds is 6. The Morgan fingerprint density at radius 1 is 1.03 bits per heavy atom. The highest BCUT2D eigenvalue weighted by molar-refractivity contribution is 5.92. The van der Waals surface area contributed by atoms with Crippen molar-refractivity contribution in [2.75, 3.05) is 5.32 Å². The van der Waals surface area contributed by atoms with Crippen LogP contribution in [0.2, 0.25) is 0 Å². The van der Waals surface area contributed by atoms with Crippen LogP contribution in [-0.2, 0) is 17.8 Å². The van der Waals surface area contributed by atoms with Gasteiger partial charge in [-0.3, -0.25) is 9.48 Å². The van der Waals surface area contributed by atoms with Gasteiger partial charge in [0, 0.05) is 30.1 Å². The summed E-state index contributed by atoms with van der Waals surface area (Å²) < 4.78 is 15.2. The van der Waals surface area contributed by atoms with Gasteiger partial charge in [0.15, 0.2) is 0 Å². The lowest BCUT2D eigenvalue weighted by molar-refractivity contribution is -0.115. The number of amides is 1. The van der Waals surface area contributed by atoms with Crippen molar-refractivity contribution < 1.29 is 9.18 Å². The number of halogens is 1. The van der Waals surface area contributed by atoms with Crippen LogP contribution >= 0.6 is 0 Å². The standard InChI is InChI=1S/C24H21FN4O/c1-2-29-16-21(24(28-29)18-8-10-20(25)11-9-18)19-12-13-26-22(15-19)27-23(30)14-17-6-4-3-5-7-17/h3-13,15-16H,2,14H2,1H3,(H,26,27,30). The number of pyridine rings is 1. The number of carbonyl (C=O) groups is 1. The van der Waals surface area contributed by atoms with Crippen LogP contribution in [0.1, 0.15) is 12.5 Å². The van der Waals surface area contributed by atoms with Crippen LogP contribution in [0.4, 0.5) is 10.2 Å². The summed E-state index contributed by atoms with van der Waals surface area (Å²) in [6.07, 6.45) is 3.89. The second kappa shape index (κ2) is 8.69. The molecule has 2 aromatic heterocycles. The molecule has 0 unspecified atom stereocenters. The van der Waals surface area contributed by atoms with Crippen LogP contribution in [0.5, 0.6) is 0 Å². The molecule has 2 aromatic carbocycles. The number of hydrogen-bond donors (Lipinski definition) is 1. The molecule has 1 N–H and O–H groups in total. The monoisotopic (exact) mass is 400 g/mol. The Hall–Kier alpha value is -3.80. The van der Waals surface area contributed by atoms with Crippen LogP contribution in [-0.4, -0.2) is 20.7 Å². The van der Waals surface area contributed by atoms with Crippen LogP contribution in [0, 0.1) is 5.82 Å². The first kappa shape index (κ1) is 19.5. The second-order valence-corrected chi connectivity index (χ2v) is 6.89. The molecule has 2 heterocycles. The summed E-state index contributed by atoms with van der Waals surface area (Å²) in [6.45, 7) is 2.72. The minimum Gasteiger partial charge on any atom is -0.310 e. The molecule has 0 aliphatic carbocycles. The molecule has 1 amide bonds. The van der Waals surface area contributed by atoms with Crippen LogP contribution in [0.25, 0.3) is 22.4 Å². The molecule has 6 heteroatoms. The summed E-state index contributed by atoms with van der Waals surface area (Å²) in [7, 11) is 0. The first-order valence-corrected chi connectivity index (χ1v) is 9.76. The van der Waals surface area contributed by atoms with Crippen molar-refractivity contribution in [3.63, 3.8) is 0 Å². The molecule has 150 valence electrons. The summed E-state index contributed by atoms with van der Waals surface area (Å²) in [5, 5.41) is 7.50. The molecular weight excluding hydrogens is 379 g/mol. The predicted octanol–water partition coefficient (Wildman–Crippen LogP) is 4.95. The molecular formula is C24H21FN4O. The number of nitrogens with one attached hydrogen (secondary N) is 1. The van der Waals surface area contributed by atoms with Gasteiger partial charge in [0.25, 0.3) is 0 Å². The van der Waals surface area contributed by atoms with Crippen molar-refractivity contribution in [2.24, 2.45) is 0 Å². The topological polar surface area (TPSA) is 59.8 Å². The summed E-state index contributed by atoms with van der Waals surface area (Å²) in [5.74, 6) is 0.0548. The van der Waals surface area contributed by atoms with Gasteiger partial charge in [-0.15, -0.1) is 0 Å². The molecule has 4 aromatic rings. The van der Waals surface area contributed by atoms with E-state index in [0.29, 0.717) is 12.4 Å². The minimum absolute atomic E-state index is 0.131. The summed E-state index contributed by atoms with van der Waals surface area (Å²) in [5.41, 5.74) is 4.28. The van der Waals surface area contributed by atoms with Gasteiger partial charge in [0.05, 0.1) is 6.42 Å². The van der Waals surface area contributed by atoms with E-state index in [4.69, 9.17) is 0 Å². The van der Waals surface area contributed by atoms with E-state index >= 15 is 0 Å². The number of nitrogens with zero attached hydrogens (tertiary/aromatic N) is 3. The first-order valence-electron chi connectivity index (χ1n) is 9.76. The third-order valence-corrected chi connectivity index (χ3v) is 4.75. The lowest BCUT2D eigenvalue weighted by Crippen LogP contribution is -2.15. The second-order valence-electron chi connectivity index (χ2n) is 6.89. The van der Waals surface area contributed by atoms with Crippen LogP contribution in [0.3, 0.4) is 0 Å². The quantitative estimate of drug-likeness (QED) is 0.498. The van der Waals surface area contributed by atoms with E-state index in [1.165, 1.54) is 12.1 Å². The molecule has 0 saturated carbocycles. The van der Waals surface area contributed by atoms with Gasteiger partial charge in [0.2, 0.25) is 5.91 Å². The number of benzene rings is 2. The van der Waals surface area contributed by atoms with Crippen molar-refractivity contribution in [3.8, 4) is 22.4 Å². The molecule has 0 spiro atoms. The summed E-state index contributed by atoms with van der Waals surface area (Å²) >= 11 is 0. The lowest BCUT2D eigenvalue weighted by Gasteiger charge is -2.07. The SMILES string of the molecule is CCn1cc(-c2ccnc(NC(=O)Cc3ccccc3)c2)c(-c2ccc(F)cc2)n1. The molecule has 0 atom stereocenters. The Balaban J connectivity index is 1.61. The fraction of sp³-hybridized carbons (Fsp3) is 0.125. The number of carbonyl (C=O) groups excluding carboxylic acids is 1. The maximum absolute atomic E-state index is 13.4. The Kier molecular flexibility index (Phi) is 5.66. The van der Waals surface area contributed by atoms with Gasteiger partial charge in [-0.1, -0.05) is 30.3 Å². The zero-order valence-corrected chi connectivity index (χ0v) is 16.5. The first-order chi connectivity index (χ1) is 14.6. The van der Waals surface area contributed by atoms with E-state index in [0.717, 1.165) is 27.9 Å². The molecule has 0 fully saturated rings. The third-order valence-electron chi connectivity index (χ3n) is 4.75. The Morgan fingerprint density at radius 3 is 2.53 bits per heavy atom. The molecule has 30 heavy (non-hydrogen) atoms. The molecule has 0 bridgehead atoms. The number of aryl methyl sites for hydroxylation is 1. The molecule has 0 aliphatic rings. The Morgan fingerprint density at radius 2 is 1.80 bits per heavy atom. The summed E-state index contributed by atoms with van der Waals surface area (Å²) in [6, 6.07) is 19.5. The van der Waals surface area contributed by atoms with E-state index in [1.807, 2.05) is 60.3 Å². The molecule has 5 nitrogen and oxygen atoms in total. The highest BCUT2D eigenvalue weighted by atomic mass is 19.1. The highest BCUT2D eigenvalue weighted by Gasteiger charge is 2.14. The summed E-state index contributed by atoms with van der Waals surface area (Å²) in [4.78, 5) is 16.7. The highest BCUT2D eigenvalue weighted by Crippen LogP contribution is 2.32. The van der Waals surface area contributed by atoms with Crippen molar-refractivity contribution in [3.05, 3.63) is 90.5 Å². The zero-order valence-electron chi connectivity index (χ0n) is 16.5. The van der Waals surface area contributed by atoms with Gasteiger partial charge >= 0.3 is 0 Å². The van der Waals surface area contributed by atoms with Crippen molar-refractivity contribution in [1.82, 2.24) is 14.8 Å². The number of hydrogen-bond acceptors (Lipinski definition) is 3. The van der Waals surface area contributed by atoms with Gasteiger partial charge in [-0.2, -0.15) is 5.10 Å². The molecule has 0 aliphatic heterocycles. The average molecular weight is 400 g/mol. The molecule has 0 radical (unpaired) electrons. The van der Waals surface area contributed by atoms with Gasteiger partial charge in [-0.25, -0.2) is 9.37 Å². The van der Waals surface area contributed by atoms with Gasteiger partial charge in [0.1, 0.15) is 17.3 Å². The maximum Gasteiger partial charge on any atom is 0.229 e. The van der Waals surface area contributed by atoms with Gasteiger partial charge < -0.3 is 5.32 Å². The van der Waals surface area contributed by atoms with Crippen LogP contribution < -0.4 is 5.32 Å². The Bertz CT molecular complexity index is 1150. The smallest absolute Gasteiger partial charge is 0.229 e. The number of aromatic nitrogens is 3. The average Bonchev–Trinajstić information content (AvgIpc) is 3.20. The van der Waals surface area contributed by atoms with Crippen molar-refractivity contribution in [2.45, 2.75) is 19.9 Å². The number of anilines is 1. The van der Waals surface area contributed by atoms with Crippen molar-refractivity contribution >= 4 is 11.7 Å². The van der Waals surface area contributed by atoms with E-state index in [-0.39, 0.29) is 18.1 Å². The van der Waals surface area contributed by atoms with Crippen molar-refractivity contribution in [1.29, 1.82) is 0 Å². The van der Waals surface area contributed by atoms with E-state index in [1.54, 1.807) is 18.3 Å². The fourth-order valence-electron chi connectivity index (χ4n) is 3.25. The Labute approximate surface area is 174 Å². The third kappa shape index (κ3) is 4.43. The van der Waals surface area contributed by atoms with E-state index < -0.39 is 0 Å². The fourth-order valence-corrected chi connectivity index (χ4v) is 3.25. The molecule has 4 rings (SSSR count). The minimum atomic E-state index is -0.289. The zero-order chi connectivity index (χ0) is 20.9. The normalized spacial score (nSPS) is 10.7. The van der Waals surface area contributed by atoms with Gasteiger partial charge in [-0.05, 0) is 54.4 Å². The van der Waals surface area contributed by atoms with Crippen LogP contribution in [0.15, 0.2) is 79.1 Å². The predicted molar refractivity (Wildman–Crippen MR) is 115 cm³/mol. The largest absolute Gasteiger partial charge is 0.310 e. The lowest BCUT2D eigenvalue weighted by atomic mass is 10.0. The van der Waals surface area contributed by atoms with E-state index in [2.05, 4.69) is 15.4 Å². The molecule has 0 saturated heterocycles. The van der Waals surface area contributed by atoms with E-state index in [9.17, 15) is 9.18 Å².